The van der Waals surface area contributed by atoms with Crippen LogP contribution in [0.15, 0.2) is 54.9 Å². The highest BCUT2D eigenvalue weighted by Gasteiger charge is 2.08. The minimum Gasteiger partial charge on any atom is -0.396 e. The number of pyridine rings is 1. The first-order valence-corrected chi connectivity index (χ1v) is 8.38. The van der Waals surface area contributed by atoms with Crippen LogP contribution in [0, 0.1) is 5.82 Å². The molecule has 3 aromatic rings. The van der Waals surface area contributed by atoms with Gasteiger partial charge in [-0.15, -0.1) is 0 Å². The van der Waals surface area contributed by atoms with Gasteiger partial charge >= 0.3 is 0 Å². The fraction of sp³-hybridized carbons (Fsp3) is 0.211. The largest absolute Gasteiger partial charge is 0.396 e. The van der Waals surface area contributed by atoms with Gasteiger partial charge in [-0.2, -0.15) is 4.98 Å². The number of anilines is 2. The molecular formula is C19H20FN5O. The predicted molar refractivity (Wildman–Crippen MR) is 99.2 cm³/mol. The maximum Gasteiger partial charge on any atom is 0.225 e. The van der Waals surface area contributed by atoms with Crippen LogP contribution in [-0.2, 0) is 6.54 Å². The zero-order valence-corrected chi connectivity index (χ0v) is 14.2. The lowest BCUT2D eigenvalue weighted by Crippen LogP contribution is -2.10. The molecular weight excluding hydrogens is 333 g/mol. The van der Waals surface area contributed by atoms with Crippen molar-refractivity contribution in [2.75, 3.05) is 23.8 Å². The Labute approximate surface area is 151 Å². The second-order valence-corrected chi connectivity index (χ2v) is 5.65. The van der Waals surface area contributed by atoms with Gasteiger partial charge in [0.05, 0.1) is 5.69 Å². The fourth-order valence-electron chi connectivity index (χ4n) is 2.39. The number of benzene rings is 1. The number of rotatable bonds is 8. The Hall–Kier alpha value is -3.06. The van der Waals surface area contributed by atoms with Gasteiger partial charge in [0.1, 0.15) is 11.6 Å². The van der Waals surface area contributed by atoms with Crippen LogP contribution in [0.4, 0.5) is 16.2 Å². The van der Waals surface area contributed by atoms with Crippen molar-refractivity contribution in [3.8, 4) is 11.3 Å². The smallest absolute Gasteiger partial charge is 0.225 e. The monoisotopic (exact) mass is 353 g/mol. The van der Waals surface area contributed by atoms with Crippen LogP contribution >= 0.6 is 0 Å². The summed E-state index contributed by atoms with van der Waals surface area (Å²) in [6.07, 6.45) is 3.99. The number of hydrogen-bond acceptors (Lipinski definition) is 6. The second-order valence-electron chi connectivity index (χ2n) is 5.65. The quantitative estimate of drug-likeness (QED) is 0.540. The standard InChI is InChI=1S/C19H20FN5O/c20-16-5-2-1-4-15(16)13-23-18-12-17(14-6-9-21-10-7-14)24-19(25-18)22-8-3-11-26/h1-2,4-7,9-10,12,26H,3,8,11,13H2,(H2,22,23,24,25). The molecule has 7 heteroatoms. The summed E-state index contributed by atoms with van der Waals surface area (Å²) in [5, 5.41) is 15.2. The van der Waals surface area contributed by atoms with Gasteiger partial charge < -0.3 is 15.7 Å². The van der Waals surface area contributed by atoms with Crippen LogP contribution in [0.3, 0.4) is 0 Å². The van der Waals surface area contributed by atoms with Gasteiger partial charge in [0, 0.05) is 49.3 Å². The molecule has 2 heterocycles. The summed E-state index contributed by atoms with van der Waals surface area (Å²) < 4.78 is 13.8. The van der Waals surface area contributed by atoms with E-state index in [0.717, 1.165) is 11.3 Å². The molecule has 6 nitrogen and oxygen atoms in total. The van der Waals surface area contributed by atoms with E-state index in [1.54, 1.807) is 30.6 Å². The molecule has 0 saturated carbocycles. The third-order valence-corrected chi connectivity index (χ3v) is 3.74. The van der Waals surface area contributed by atoms with Crippen molar-refractivity contribution in [3.05, 3.63) is 66.2 Å². The molecule has 0 unspecified atom stereocenters. The van der Waals surface area contributed by atoms with E-state index in [0.29, 0.717) is 36.8 Å². The zero-order valence-electron chi connectivity index (χ0n) is 14.2. The Kier molecular flexibility index (Phi) is 6.05. The zero-order chi connectivity index (χ0) is 18.2. The third-order valence-electron chi connectivity index (χ3n) is 3.74. The van der Waals surface area contributed by atoms with E-state index in [9.17, 15) is 4.39 Å². The number of aliphatic hydroxyl groups excluding tert-OH is 1. The summed E-state index contributed by atoms with van der Waals surface area (Å²) in [6.45, 7) is 0.966. The number of aromatic nitrogens is 3. The van der Waals surface area contributed by atoms with Gasteiger partial charge in [0.25, 0.3) is 0 Å². The second kappa shape index (κ2) is 8.87. The highest BCUT2D eigenvalue weighted by Crippen LogP contribution is 2.21. The Bertz CT molecular complexity index is 844. The molecule has 0 atom stereocenters. The molecule has 26 heavy (non-hydrogen) atoms. The molecule has 0 bridgehead atoms. The summed E-state index contributed by atoms with van der Waals surface area (Å²) in [5.41, 5.74) is 2.19. The minimum absolute atomic E-state index is 0.0927. The van der Waals surface area contributed by atoms with E-state index >= 15 is 0 Å². The van der Waals surface area contributed by atoms with Crippen molar-refractivity contribution in [2.45, 2.75) is 13.0 Å². The van der Waals surface area contributed by atoms with E-state index in [-0.39, 0.29) is 12.4 Å². The van der Waals surface area contributed by atoms with Crippen molar-refractivity contribution >= 4 is 11.8 Å². The van der Waals surface area contributed by atoms with Crippen molar-refractivity contribution in [1.29, 1.82) is 0 Å². The first-order chi connectivity index (χ1) is 12.8. The SMILES string of the molecule is OCCCNc1nc(NCc2ccccc2F)cc(-c2ccncc2)n1. The molecule has 2 aromatic heterocycles. The molecule has 0 amide bonds. The predicted octanol–water partition coefficient (Wildman–Crippen LogP) is 3.08. The van der Waals surface area contributed by atoms with Gasteiger partial charge in [-0.1, -0.05) is 18.2 Å². The van der Waals surface area contributed by atoms with Gasteiger partial charge in [0.15, 0.2) is 0 Å². The first kappa shape index (κ1) is 17.8. The summed E-state index contributed by atoms with van der Waals surface area (Å²) in [5.74, 6) is 0.773. The number of nitrogens with one attached hydrogen (secondary N) is 2. The van der Waals surface area contributed by atoms with Gasteiger partial charge in [-0.25, -0.2) is 9.37 Å². The Morgan fingerprint density at radius 1 is 1.00 bits per heavy atom. The molecule has 0 radical (unpaired) electrons. The van der Waals surface area contributed by atoms with Crippen molar-refractivity contribution in [2.24, 2.45) is 0 Å². The number of halogens is 1. The van der Waals surface area contributed by atoms with E-state index in [4.69, 9.17) is 5.11 Å². The van der Waals surface area contributed by atoms with Gasteiger partial charge in [-0.05, 0) is 24.6 Å². The number of nitrogens with zero attached hydrogens (tertiary/aromatic N) is 3. The molecule has 0 aliphatic heterocycles. The lowest BCUT2D eigenvalue weighted by Gasteiger charge is -2.11. The highest BCUT2D eigenvalue weighted by atomic mass is 19.1. The van der Waals surface area contributed by atoms with Crippen molar-refractivity contribution in [1.82, 2.24) is 15.0 Å². The van der Waals surface area contributed by atoms with Crippen LogP contribution in [0.2, 0.25) is 0 Å². The van der Waals surface area contributed by atoms with Gasteiger partial charge in [0.2, 0.25) is 5.95 Å². The first-order valence-electron chi connectivity index (χ1n) is 8.38. The fourth-order valence-corrected chi connectivity index (χ4v) is 2.39. The molecule has 0 fully saturated rings. The number of aliphatic hydroxyl groups is 1. The summed E-state index contributed by atoms with van der Waals surface area (Å²) in [7, 11) is 0. The Morgan fingerprint density at radius 3 is 2.58 bits per heavy atom. The lowest BCUT2D eigenvalue weighted by molar-refractivity contribution is 0.292. The number of hydrogen-bond donors (Lipinski definition) is 3. The van der Waals surface area contributed by atoms with E-state index in [1.807, 2.05) is 18.2 Å². The molecule has 0 saturated heterocycles. The highest BCUT2D eigenvalue weighted by molar-refractivity contribution is 5.63. The normalized spacial score (nSPS) is 10.5. The lowest BCUT2D eigenvalue weighted by atomic mass is 10.2. The molecule has 134 valence electrons. The minimum atomic E-state index is -0.260. The van der Waals surface area contributed by atoms with E-state index < -0.39 is 0 Å². The van der Waals surface area contributed by atoms with E-state index in [2.05, 4.69) is 25.6 Å². The Morgan fingerprint density at radius 2 is 1.81 bits per heavy atom. The van der Waals surface area contributed by atoms with Crippen LogP contribution in [0.25, 0.3) is 11.3 Å². The summed E-state index contributed by atoms with van der Waals surface area (Å²) >= 11 is 0. The van der Waals surface area contributed by atoms with Crippen LogP contribution in [0.1, 0.15) is 12.0 Å². The van der Waals surface area contributed by atoms with E-state index in [1.165, 1.54) is 6.07 Å². The topological polar surface area (TPSA) is 83.0 Å². The van der Waals surface area contributed by atoms with Crippen molar-refractivity contribution in [3.63, 3.8) is 0 Å². The molecule has 0 spiro atoms. The Balaban J connectivity index is 1.83. The van der Waals surface area contributed by atoms with Crippen LogP contribution < -0.4 is 10.6 Å². The van der Waals surface area contributed by atoms with Crippen LogP contribution in [0.5, 0.6) is 0 Å². The maximum atomic E-state index is 13.8. The van der Waals surface area contributed by atoms with Gasteiger partial charge in [-0.3, -0.25) is 4.98 Å². The average molecular weight is 353 g/mol. The molecule has 0 aliphatic rings. The summed E-state index contributed by atoms with van der Waals surface area (Å²) in [4.78, 5) is 12.9. The maximum absolute atomic E-state index is 13.8. The summed E-state index contributed by atoms with van der Waals surface area (Å²) in [6, 6.07) is 12.2. The van der Waals surface area contributed by atoms with Crippen molar-refractivity contribution < 1.29 is 9.50 Å². The molecule has 1 aromatic carbocycles. The average Bonchev–Trinajstić information content (AvgIpc) is 2.68. The molecule has 3 N–H and O–H groups in total. The molecule has 0 aliphatic carbocycles. The van der Waals surface area contributed by atoms with Crippen LogP contribution in [-0.4, -0.2) is 33.2 Å². The molecule has 3 rings (SSSR count). The third kappa shape index (κ3) is 4.73.